The molecule has 1 aromatic carbocycles. The summed E-state index contributed by atoms with van der Waals surface area (Å²) in [5.74, 6) is 0.967. The minimum Gasteiger partial charge on any atom is -0.497 e. The van der Waals surface area contributed by atoms with E-state index in [9.17, 15) is 0 Å². The van der Waals surface area contributed by atoms with Gasteiger partial charge in [0.1, 0.15) is 45.0 Å². The van der Waals surface area contributed by atoms with E-state index in [1.165, 1.54) is 57.7 Å². The highest BCUT2D eigenvalue weighted by molar-refractivity contribution is 5.27. The zero-order valence-corrected chi connectivity index (χ0v) is 15.0. The summed E-state index contributed by atoms with van der Waals surface area (Å²) in [4.78, 5) is 5.11. The van der Waals surface area contributed by atoms with Crippen LogP contribution in [0, 0.1) is 0 Å². The maximum Gasteiger partial charge on any atom is 0.127 e. The molecule has 0 amide bonds. The molecule has 5 heteroatoms. The molecule has 0 atom stereocenters. The molecule has 3 rings (SSSR count). The first-order chi connectivity index (χ1) is 11.8. The van der Waals surface area contributed by atoms with E-state index in [2.05, 4.69) is 18.2 Å². The molecule has 134 valence electrons. The summed E-state index contributed by atoms with van der Waals surface area (Å²) < 4.78 is 5.34. The summed E-state index contributed by atoms with van der Waals surface area (Å²) in [5.41, 5.74) is 1.39. The lowest BCUT2D eigenvalue weighted by Crippen LogP contribution is -3.30. The zero-order valence-electron chi connectivity index (χ0n) is 15.0. The van der Waals surface area contributed by atoms with Crippen molar-refractivity contribution in [2.45, 2.75) is 25.4 Å². The molecule has 1 aromatic rings. The Morgan fingerprint density at radius 2 is 1.79 bits per heavy atom. The summed E-state index contributed by atoms with van der Waals surface area (Å²) in [6.45, 7) is 9.98. The number of benzene rings is 1. The molecule has 2 fully saturated rings. The van der Waals surface area contributed by atoms with Crippen molar-refractivity contribution < 1.29 is 24.5 Å². The number of aliphatic hydroxyl groups excluding tert-OH is 1. The third-order valence-electron chi connectivity index (χ3n) is 5.92. The third-order valence-corrected chi connectivity index (χ3v) is 5.92. The van der Waals surface area contributed by atoms with Crippen molar-refractivity contribution in [1.82, 2.24) is 0 Å². The Bertz CT molecular complexity index is 495. The minimum absolute atomic E-state index is 0.330. The van der Waals surface area contributed by atoms with Crippen molar-refractivity contribution >= 4 is 0 Å². The van der Waals surface area contributed by atoms with Gasteiger partial charge in [0.2, 0.25) is 0 Å². The van der Waals surface area contributed by atoms with Crippen molar-refractivity contribution in [3.05, 3.63) is 29.8 Å². The van der Waals surface area contributed by atoms with E-state index in [0.717, 1.165) is 24.9 Å². The number of piperidine rings is 1. The molecule has 0 saturated carbocycles. The van der Waals surface area contributed by atoms with Crippen molar-refractivity contribution in [2.75, 3.05) is 59.5 Å². The molecule has 0 spiro atoms. The average molecular weight is 337 g/mol. The summed E-state index contributed by atoms with van der Waals surface area (Å²) in [5, 5.41) is 9.08. The van der Waals surface area contributed by atoms with E-state index in [1.54, 1.807) is 16.9 Å². The van der Waals surface area contributed by atoms with Crippen molar-refractivity contribution in [1.29, 1.82) is 0 Å². The predicted octanol–water partition coefficient (Wildman–Crippen LogP) is -2.98. The molecule has 0 radical (unpaired) electrons. The van der Waals surface area contributed by atoms with Gasteiger partial charge in [0, 0.05) is 18.4 Å². The number of aliphatic hydroxyl groups is 1. The number of quaternary nitrogens is 3. The Morgan fingerprint density at radius 1 is 1.04 bits per heavy atom. The fourth-order valence-corrected chi connectivity index (χ4v) is 4.42. The van der Waals surface area contributed by atoms with Crippen LogP contribution in [0.4, 0.5) is 0 Å². The molecule has 2 aliphatic rings. The molecule has 0 aromatic heterocycles. The summed E-state index contributed by atoms with van der Waals surface area (Å²) >= 11 is 0. The quantitative estimate of drug-likeness (QED) is 0.448. The normalized spacial score (nSPS) is 30.9. The molecule has 2 aliphatic heterocycles. The average Bonchev–Trinajstić information content (AvgIpc) is 2.63. The maximum absolute atomic E-state index is 9.08. The third kappa shape index (κ3) is 4.70. The Morgan fingerprint density at radius 3 is 2.46 bits per heavy atom. The summed E-state index contributed by atoms with van der Waals surface area (Å²) in [6, 6.07) is 9.37. The van der Waals surface area contributed by atoms with Gasteiger partial charge in [0.15, 0.2) is 0 Å². The minimum atomic E-state index is 0.330. The van der Waals surface area contributed by atoms with Gasteiger partial charge in [-0.25, -0.2) is 0 Å². The van der Waals surface area contributed by atoms with E-state index >= 15 is 0 Å². The van der Waals surface area contributed by atoms with Crippen molar-refractivity contribution in [2.24, 2.45) is 0 Å². The van der Waals surface area contributed by atoms with Gasteiger partial charge in [-0.1, -0.05) is 12.1 Å². The van der Waals surface area contributed by atoms with Gasteiger partial charge in [0.25, 0.3) is 0 Å². The Labute approximate surface area is 145 Å². The van der Waals surface area contributed by atoms with Gasteiger partial charge >= 0.3 is 0 Å². The number of hydrogen-bond donors (Lipinski definition) is 4. The number of methoxy groups -OCH3 is 1. The fraction of sp³-hybridized carbons (Fsp3) is 0.684. The number of likely N-dealkylation sites (tertiary alicyclic amines) is 1. The van der Waals surface area contributed by atoms with Crippen molar-refractivity contribution in [3.63, 3.8) is 0 Å². The smallest absolute Gasteiger partial charge is 0.127 e. The highest BCUT2D eigenvalue weighted by atomic mass is 16.5. The van der Waals surface area contributed by atoms with Crippen LogP contribution in [0.2, 0.25) is 0 Å². The van der Waals surface area contributed by atoms with Gasteiger partial charge in [-0.3, -0.25) is 0 Å². The zero-order chi connectivity index (χ0) is 16.8. The van der Waals surface area contributed by atoms with Crippen LogP contribution >= 0.6 is 0 Å². The second-order valence-corrected chi connectivity index (χ2v) is 7.43. The van der Waals surface area contributed by atoms with E-state index in [1.807, 2.05) is 11.0 Å². The lowest BCUT2D eigenvalue weighted by Gasteiger charge is -2.37. The first-order valence-corrected chi connectivity index (χ1v) is 9.54. The maximum atomic E-state index is 9.08. The Hall–Kier alpha value is -1.14. The Balaban J connectivity index is 1.42. The number of ether oxygens (including phenoxy) is 1. The van der Waals surface area contributed by atoms with Crippen LogP contribution in [-0.2, 0) is 6.54 Å². The molecule has 5 nitrogen and oxygen atoms in total. The molecule has 0 aliphatic carbocycles. The van der Waals surface area contributed by atoms with Crippen LogP contribution < -0.4 is 19.4 Å². The van der Waals surface area contributed by atoms with Crippen LogP contribution in [0.5, 0.6) is 5.75 Å². The lowest BCUT2D eigenvalue weighted by molar-refractivity contribution is -1.03. The van der Waals surface area contributed by atoms with Crippen LogP contribution in [0.1, 0.15) is 18.4 Å². The topological polar surface area (TPSA) is 42.8 Å². The molecule has 2 saturated heterocycles. The van der Waals surface area contributed by atoms with Crippen LogP contribution in [-0.4, -0.2) is 70.7 Å². The number of nitrogens with one attached hydrogen (secondary N) is 3. The summed E-state index contributed by atoms with van der Waals surface area (Å²) in [7, 11) is 1.74. The predicted molar refractivity (Wildman–Crippen MR) is 93.8 cm³/mol. The molecule has 24 heavy (non-hydrogen) atoms. The Kier molecular flexibility index (Phi) is 6.49. The van der Waals surface area contributed by atoms with Crippen LogP contribution in [0.25, 0.3) is 0 Å². The highest BCUT2D eigenvalue weighted by Gasteiger charge is 2.33. The molecule has 0 unspecified atom stereocenters. The highest BCUT2D eigenvalue weighted by Crippen LogP contribution is 2.11. The first kappa shape index (κ1) is 17.7. The van der Waals surface area contributed by atoms with Gasteiger partial charge in [0.05, 0.1) is 32.8 Å². The second-order valence-electron chi connectivity index (χ2n) is 7.43. The fourth-order valence-electron chi connectivity index (χ4n) is 4.42. The number of hydrogen-bond acceptors (Lipinski definition) is 2. The second kappa shape index (κ2) is 8.81. The SMILES string of the molecule is COc1cccc(C[NH+]2CCC([NH+]3CC[NH+](CCO)CC3)CC2)c1. The van der Waals surface area contributed by atoms with Gasteiger partial charge < -0.3 is 24.5 Å². The van der Waals surface area contributed by atoms with Gasteiger partial charge in [-0.2, -0.15) is 0 Å². The van der Waals surface area contributed by atoms with Gasteiger partial charge in [-0.05, 0) is 12.1 Å². The number of piperazine rings is 1. The standard InChI is InChI=1S/C19H31N3O2/c1-24-19-4-2-3-17(15-19)16-21-7-5-18(6-8-21)22-11-9-20(10-12-22)13-14-23/h2-4,15,18,23H,5-14,16H2,1H3/p+3. The van der Waals surface area contributed by atoms with Crippen molar-refractivity contribution in [3.8, 4) is 5.75 Å². The molecule has 4 N–H and O–H groups in total. The van der Waals surface area contributed by atoms with Crippen LogP contribution in [0.15, 0.2) is 24.3 Å². The van der Waals surface area contributed by atoms with E-state index in [-0.39, 0.29) is 0 Å². The summed E-state index contributed by atoms with van der Waals surface area (Å²) in [6.07, 6.45) is 2.70. The lowest BCUT2D eigenvalue weighted by atomic mass is 10.0. The molecule has 0 bridgehead atoms. The first-order valence-electron chi connectivity index (χ1n) is 9.54. The molecular weight excluding hydrogens is 302 g/mol. The van der Waals surface area contributed by atoms with E-state index in [4.69, 9.17) is 9.84 Å². The monoisotopic (exact) mass is 336 g/mol. The van der Waals surface area contributed by atoms with Gasteiger partial charge in [-0.15, -0.1) is 0 Å². The van der Waals surface area contributed by atoms with Crippen LogP contribution in [0.3, 0.4) is 0 Å². The number of rotatable bonds is 6. The molecule has 2 heterocycles. The largest absolute Gasteiger partial charge is 0.497 e. The molecular formula is C19H34N3O2+3. The van der Waals surface area contributed by atoms with E-state index in [0.29, 0.717) is 6.61 Å². The van der Waals surface area contributed by atoms with E-state index < -0.39 is 0 Å².